The lowest BCUT2D eigenvalue weighted by molar-refractivity contribution is -0.146. The van der Waals surface area contributed by atoms with Crippen LogP contribution in [0.4, 0.5) is 0 Å². The minimum atomic E-state index is -0.361. The Morgan fingerprint density at radius 2 is 1.67 bits per heavy atom. The number of Topliss-reactive ketones (excluding diaryl/α,β-unsaturated/α-hetero) is 1. The highest BCUT2D eigenvalue weighted by molar-refractivity contribution is 5.80. The molecule has 0 saturated carbocycles. The molecule has 5 heteroatoms. The van der Waals surface area contributed by atoms with Crippen molar-refractivity contribution in [1.29, 1.82) is 0 Å². The minimum Gasteiger partial charge on any atom is -0.463 e. The Morgan fingerprint density at radius 1 is 1.00 bits per heavy atom. The lowest BCUT2D eigenvalue weighted by atomic mass is 10.2. The van der Waals surface area contributed by atoms with Gasteiger partial charge in [0.15, 0.2) is 0 Å². The summed E-state index contributed by atoms with van der Waals surface area (Å²) in [4.78, 5) is 21.5. The molecule has 0 aliphatic rings. The first-order valence-corrected chi connectivity index (χ1v) is 4.88. The topological polar surface area (TPSA) is 61.8 Å². The fourth-order valence-corrected chi connectivity index (χ4v) is 0.809. The summed E-state index contributed by atoms with van der Waals surface area (Å²) in [7, 11) is 1.59. The summed E-state index contributed by atoms with van der Waals surface area (Å²) in [5, 5.41) is 0. The van der Waals surface area contributed by atoms with Crippen LogP contribution in [0.25, 0.3) is 0 Å². The van der Waals surface area contributed by atoms with E-state index in [1.54, 1.807) is 7.11 Å². The first-order chi connectivity index (χ1) is 7.16. The van der Waals surface area contributed by atoms with Gasteiger partial charge in [-0.3, -0.25) is 4.79 Å². The second-order valence-electron chi connectivity index (χ2n) is 3.03. The van der Waals surface area contributed by atoms with Crippen molar-refractivity contribution in [3.63, 3.8) is 0 Å². The quantitative estimate of drug-likeness (QED) is 0.418. The van der Waals surface area contributed by atoms with E-state index in [0.29, 0.717) is 19.8 Å². The number of ether oxygens (including phenoxy) is 3. The number of hydrogen-bond acceptors (Lipinski definition) is 5. The Bertz CT molecular complexity index is 190. The van der Waals surface area contributed by atoms with Gasteiger partial charge in [0.05, 0.1) is 26.2 Å². The molecule has 0 saturated heterocycles. The first-order valence-electron chi connectivity index (χ1n) is 4.88. The molecule has 0 aromatic carbocycles. The summed E-state index contributed by atoms with van der Waals surface area (Å²) >= 11 is 0. The monoisotopic (exact) mass is 218 g/mol. The van der Waals surface area contributed by atoms with Crippen molar-refractivity contribution in [2.45, 2.75) is 19.8 Å². The molecule has 0 fully saturated rings. The van der Waals surface area contributed by atoms with Gasteiger partial charge in [0.25, 0.3) is 0 Å². The van der Waals surface area contributed by atoms with E-state index in [1.165, 1.54) is 6.92 Å². The van der Waals surface area contributed by atoms with Gasteiger partial charge in [-0.15, -0.1) is 0 Å². The van der Waals surface area contributed by atoms with Gasteiger partial charge in [0.1, 0.15) is 12.4 Å². The average molecular weight is 218 g/mol. The standard InChI is InChI=1S/C10H18O5/c1-9(11)3-4-10(12)15-8-7-14-6-5-13-2/h3-8H2,1-2H3. The number of rotatable bonds is 9. The largest absolute Gasteiger partial charge is 0.463 e. The van der Waals surface area contributed by atoms with Gasteiger partial charge in [-0.25, -0.2) is 0 Å². The molecule has 0 aliphatic heterocycles. The minimum absolute atomic E-state index is 0.0108. The highest BCUT2D eigenvalue weighted by atomic mass is 16.6. The first kappa shape index (κ1) is 14.1. The Morgan fingerprint density at radius 3 is 2.27 bits per heavy atom. The third-order valence-electron chi connectivity index (χ3n) is 1.60. The van der Waals surface area contributed by atoms with E-state index in [-0.39, 0.29) is 31.2 Å². The van der Waals surface area contributed by atoms with Crippen LogP contribution in [-0.4, -0.2) is 45.3 Å². The van der Waals surface area contributed by atoms with Crippen LogP contribution in [0.1, 0.15) is 19.8 Å². The zero-order chi connectivity index (χ0) is 11.5. The molecule has 0 aromatic heterocycles. The number of methoxy groups -OCH3 is 1. The fourth-order valence-electron chi connectivity index (χ4n) is 0.809. The van der Waals surface area contributed by atoms with Gasteiger partial charge in [-0.05, 0) is 6.92 Å². The van der Waals surface area contributed by atoms with Gasteiger partial charge in [0.2, 0.25) is 0 Å². The molecule has 0 unspecified atom stereocenters. The Labute approximate surface area is 89.7 Å². The number of carbonyl (C=O) groups is 2. The van der Waals surface area contributed by atoms with Crippen molar-refractivity contribution >= 4 is 11.8 Å². The van der Waals surface area contributed by atoms with E-state index < -0.39 is 0 Å². The van der Waals surface area contributed by atoms with Crippen molar-refractivity contribution in [2.24, 2.45) is 0 Å². The maximum absolute atomic E-state index is 11.0. The molecule has 0 spiro atoms. The van der Waals surface area contributed by atoms with Gasteiger partial charge < -0.3 is 19.0 Å². The average Bonchev–Trinajstić information content (AvgIpc) is 2.20. The van der Waals surface area contributed by atoms with Crippen LogP contribution < -0.4 is 0 Å². The van der Waals surface area contributed by atoms with Crippen molar-refractivity contribution in [2.75, 3.05) is 33.5 Å². The Hall–Kier alpha value is -0.940. The molecule has 0 rings (SSSR count). The van der Waals surface area contributed by atoms with E-state index >= 15 is 0 Å². The van der Waals surface area contributed by atoms with Crippen LogP contribution in [0.15, 0.2) is 0 Å². The molecule has 0 aliphatic carbocycles. The van der Waals surface area contributed by atoms with Crippen LogP contribution >= 0.6 is 0 Å². The predicted molar refractivity (Wildman–Crippen MR) is 53.6 cm³/mol. The molecule has 0 heterocycles. The normalized spacial score (nSPS) is 10.0. The number of hydrogen-bond donors (Lipinski definition) is 0. The zero-order valence-electron chi connectivity index (χ0n) is 9.28. The lowest BCUT2D eigenvalue weighted by Gasteiger charge is -2.05. The van der Waals surface area contributed by atoms with E-state index in [0.717, 1.165) is 0 Å². The Balaban J connectivity index is 3.20. The zero-order valence-corrected chi connectivity index (χ0v) is 9.28. The van der Waals surface area contributed by atoms with Crippen LogP contribution in [0.3, 0.4) is 0 Å². The third-order valence-corrected chi connectivity index (χ3v) is 1.60. The van der Waals surface area contributed by atoms with Gasteiger partial charge in [-0.1, -0.05) is 0 Å². The highest BCUT2D eigenvalue weighted by Gasteiger charge is 2.04. The van der Waals surface area contributed by atoms with E-state index in [2.05, 4.69) is 0 Å². The summed E-state index contributed by atoms with van der Waals surface area (Å²) in [6.07, 6.45) is 0.386. The molecular weight excluding hydrogens is 200 g/mol. The molecule has 0 atom stereocenters. The number of carbonyl (C=O) groups excluding carboxylic acids is 2. The fraction of sp³-hybridized carbons (Fsp3) is 0.800. The highest BCUT2D eigenvalue weighted by Crippen LogP contribution is 1.93. The molecule has 0 bridgehead atoms. The molecule has 0 N–H and O–H groups in total. The second kappa shape index (κ2) is 9.61. The van der Waals surface area contributed by atoms with Crippen molar-refractivity contribution in [3.05, 3.63) is 0 Å². The molecule has 0 radical (unpaired) electrons. The van der Waals surface area contributed by atoms with Gasteiger partial charge in [0, 0.05) is 13.5 Å². The van der Waals surface area contributed by atoms with Crippen molar-refractivity contribution in [1.82, 2.24) is 0 Å². The smallest absolute Gasteiger partial charge is 0.306 e. The second-order valence-corrected chi connectivity index (χ2v) is 3.03. The van der Waals surface area contributed by atoms with Crippen molar-refractivity contribution in [3.8, 4) is 0 Å². The van der Waals surface area contributed by atoms with Crippen molar-refractivity contribution < 1.29 is 23.8 Å². The van der Waals surface area contributed by atoms with Gasteiger partial charge >= 0.3 is 5.97 Å². The SMILES string of the molecule is COCCOCCOC(=O)CCC(C)=O. The Kier molecular flexibility index (Phi) is 9.01. The van der Waals surface area contributed by atoms with Crippen LogP contribution in [0.2, 0.25) is 0 Å². The van der Waals surface area contributed by atoms with E-state index in [9.17, 15) is 9.59 Å². The summed E-state index contributed by atoms with van der Waals surface area (Å²) in [6.45, 7) is 3.04. The molecule has 15 heavy (non-hydrogen) atoms. The van der Waals surface area contributed by atoms with Crippen LogP contribution in [-0.2, 0) is 23.8 Å². The maximum atomic E-state index is 11.0. The molecule has 88 valence electrons. The summed E-state index contributed by atoms with van der Waals surface area (Å²) in [5.74, 6) is -0.371. The summed E-state index contributed by atoms with van der Waals surface area (Å²) in [5.41, 5.74) is 0. The summed E-state index contributed by atoms with van der Waals surface area (Å²) < 4.78 is 14.7. The molecule has 5 nitrogen and oxygen atoms in total. The summed E-state index contributed by atoms with van der Waals surface area (Å²) in [6, 6.07) is 0. The van der Waals surface area contributed by atoms with Crippen LogP contribution in [0.5, 0.6) is 0 Å². The lowest BCUT2D eigenvalue weighted by Crippen LogP contribution is -2.13. The number of esters is 1. The van der Waals surface area contributed by atoms with Crippen LogP contribution in [0, 0.1) is 0 Å². The third kappa shape index (κ3) is 11.0. The number of ketones is 1. The molecular formula is C10H18O5. The van der Waals surface area contributed by atoms with E-state index in [1.807, 2.05) is 0 Å². The molecule has 0 amide bonds. The van der Waals surface area contributed by atoms with Gasteiger partial charge in [-0.2, -0.15) is 0 Å². The predicted octanol–water partition coefficient (Wildman–Crippen LogP) is 0.562. The van der Waals surface area contributed by atoms with E-state index in [4.69, 9.17) is 14.2 Å². The molecule has 0 aromatic rings. The maximum Gasteiger partial charge on any atom is 0.306 e.